The number of rotatable bonds is 6. The highest BCUT2D eigenvalue weighted by molar-refractivity contribution is 7.90. The highest BCUT2D eigenvalue weighted by Gasteiger charge is 2.27. The lowest BCUT2D eigenvalue weighted by molar-refractivity contribution is -0.149. The van der Waals surface area contributed by atoms with Gasteiger partial charge in [0.05, 0.1) is 23.6 Å². The predicted molar refractivity (Wildman–Crippen MR) is 107 cm³/mol. The van der Waals surface area contributed by atoms with Gasteiger partial charge in [-0.2, -0.15) is 0 Å². The van der Waals surface area contributed by atoms with E-state index in [1.807, 2.05) is 6.92 Å². The molecule has 1 atom stereocenters. The van der Waals surface area contributed by atoms with Gasteiger partial charge >= 0.3 is 5.97 Å². The molecule has 0 saturated heterocycles. The number of nitrogens with zero attached hydrogens (tertiary/aromatic N) is 2. The molecule has 0 aliphatic carbocycles. The van der Waals surface area contributed by atoms with E-state index in [9.17, 15) is 18.0 Å². The normalized spacial score (nSPS) is 18.1. The summed E-state index contributed by atoms with van der Waals surface area (Å²) in [5, 5.41) is 2.68. The number of amidine groups is 1. The minimum Gasteiger partial charge on any atom is -0.492 e. The van der Waals surface area contributed by atoms with Crippen LogP contribution in [-0.4, -0.2) is 56.0 Å². The van der Waals surface area contributed by atoms with Crippen molar-refractivity contribution >= 4 is 33.4 Å². The molecule has 2 heterocycles. The van der Waals surface area contributed by atoms with Gasteiger partial charge < -0.3 is 19.7 Å². The molecule has 0 saturated carbocycles. The standard InChI is InChI=1S/C19H21N3O6S/c1-3-27-16-7-5-4-6-15(16)20-18(23)13(2)28-19(24)14-8-9-17-21-29(25,26)11-10-22(17)12-14/h4-9,12-13H,3,10-11H2,1-2H3,(H,20,23). The molecule has 29 heavy (non-hydrogen) atoms. The maximum Gasteiger partial charge on any atom is 0.340 e. The van der Waals surface area contributed by atoms with Crippen LogP contribution < -0.4 is 10.1 Å². The Bertz CT molecular complexity index is 1010. The molecular weight excluding hydrogens is 398 g/mol. The molecule has 0 radical (unpaired) electrons. The van der Waals surface area contributed by atoms with Gasteiger partial charge in [-0.05, 0) is 38.1 Å². The summed E-state index contributed by atoms with van der Waals surface area (Å²) in [6.07, 6.45) is 3.25. The van der Waals surface area contributed by atoms with Crippen molar-refractivity contribution in [3.63, 3.8) is 0 Å². The minimum atomic E-state index is -3.47. The highest BCUT2D eigenvalue weighted by atomic mass is 32.2. The number of sulfonamides is 1. The van der Waals surface area contributed by atoms with Crippen LogP contribution in [-0.2, 0) is 24.3 Å². The van der Waals surface area contributed by atoms with E-state index in [0.29, 0.717) is 18.0 Å². The van der Waals surface area contributed by atoms with Crippen molar-refractivity contribution in [3.05, 3.63) is 48.2 Å². The average Bonchev–Trinajstić information content (AvgIpc) is 2.68. The molecule has 1 aromatic rings. The van der Waals surface area contributed by atoms with E-state index >= 15 is 0 Å². The molecular formula is C19H21N3O6S. The highest BCUT2D eigenvalue weighted by Crippen LogP contribution is 2.24. The van der Waals surface area contributed by atoms with Gasteiger partial charge in [0, 0.05) is 12.7 Å². The van der Waals surface area contributed by atoms with Gasteiger partial charge in [0.15, 0.2) is 6.10 Å². The number of hydrogen-bond donors (Lipinski definition) is 1. The maximum absolute atomic E-state index is 12.4. The second-order valence-electron chi connectivity index (χ2n) is 6.31. The molecule has 1 aromatic carbocycles. The van der Waals surface area contributed by atoms with Crippen LogP contribution in [0.4, 0.5) is 5.69 Å². The Hall–Kier alpha value is -3.14. The number of ether oxygens (including phenoxy) is 2. The maximum atomic E-state index is 12.4. The lowest BCUT2D eigenvalue weighted by atomic mass is 10.2. The van der Waals surface area contributed by atoms with Crippen molar-refractivity contribution in [2.45, 2.75) is 20.0 Å². The first-order valence-corrected chi connectivity index (χ1v) is 10.6. The van der Waals surface area contributed by atoms with E-state index in [1.54, 1.807) is 29.2 Å². The number of hydrogen-bond acceptors (Lipinski definition) is 7. The number of fused-ring (bicyclic) bond motifs is 1. The Labute approximate surface area is 168 Å². The summed E-state index contributed by atoms with van der Waals surface area (Å²) in [4.78, 5) is 26.4. The van der Waals surface area contributed by atoms with Gasteiger partial charge in [-0.15, -0.1) is 4.40 Å². The quantitative estimate of drug-likeness (QED) is 0.694. The number of carbonyl (C=O) groups is 2. The molecule has 10 heteroatoms. The van der Waals surface area contributed by atoms with E-state index in [0.717, 1.165) is 0 Å². The summed E-state index contributed by atoms with van der Waals surface area (Å²) in [5.74, 6) is -0.578. The molecule has 154 valence electrons. The van der Waals surface area contributed by atoms with Crippen LogP contribution in [0, 0.1) is 0 Å². The van der Waals surface area contributed by atoms with Crippen molar-refractivity contribution in [1.29, 1.82) is 0 Å². The molecule has 2 aliphatic rings. The number of benzene rings is 1. The van der Waals surface area contributed by atoms with Crippen molar-refractivity contribution in [2.24, 2.45) is 4.40 Å². The summed E-state index contributed by atoms with van der Waals surface area (Å²) in [5.41, 5.74) is 0.673. The van der Waals surface area contributed by atoms with Crippen LogP contribution in [0.25, 0.3) is 0 Å². The molecule has 9 nitrogen and oxygen atoms in total. The lowest BCUT2D eigenvalue weighted by Gasteiger charge is -2.27. The molecule has 1 N–H and O–H groups in total. The molecule has 3 rings (SSSR count). The van der Waals surface area contributed by atoms with Crippen LogP contribution in [0.3, 0.4) is 0 Å². The Kier molecular flexibility index (Phi) is 6.02. The van der Waals surface area contributed by atoms with E-state index in [-0.39, 0.29) is 23.7 Å². The van der Waals surface area contributed by atoms with E-state index in [1.165, 1.54) is 25.3 Å². The molecule has 0 spiro atoms. The van der Waals surface area contributed by atoms with Gasteiger partial charge in [-0.1, -0.05) is 12.1 Å². The Morgan fingerprint density at radius 2 is 2.03 bits per heavy atom. The lowest BCUT2D eigenvalue weighted by Crippen LogP contribution is -2.37. The summed E-state index contributed by atoms with van der Waals surface area (Å²) in [6.45, 7) is 3.93. The van der Waals surface area contributed by atoms with Gasteiger partial charge in [-0.25, -0.2) is 13.2 Å². The SMILES string of the molecule is CCOc1ccccc1NC(=O)C(C)OC(=O)C1=CN2CCS(=O)(=O)N=C2C=C1. The molecule has 0 bridgehead atoms. The van der Waals surface area contributed by atoms with E-state index < -0.39 is 28.0 Å². The first-order valence-electron chi connectivity index (χ1n) is 9.02. The Morgan fingerprint density at radius 1 is 1.28 bits per heavy atom. The first kappa shape index (κ1) is 20.6. The van der Waals surface area contributed by atoms with Crippen molar-refractivity contribution in [2.75, 3.05) is 24.2 Å². The second-order valence-corrected chi connectivity index (χ2v) is 8.07. The van der Waals surface area contributed by atoms with Crippen molar-refractivity contribution < 1.29 is 27.5 Å². The zero-order valence-electron chi connectivity index (χ0n) is 16.0. The summed E-state index contributed by atoms with van der Waals surface area (Å²) in [6, 6.07) is 6.96. The van der Waals surface area contributed by atoms with Gasteiger partial charge in [0.25, 0.3) is 15.9 Å². The summed E-state index contributed by atoms with van der Waals surface area (Å²) >= 11 is 0. The molecule has 0 fully saturated rings. The minimum absolute atomic E-state index is 0.138. The van der Waals surface area contributed by atoms with Gasteiger partial charge in [-0.3, -0.25) is 4.79 Å². The molecule has 1 amide bonds. The smallest absolute Gasteiger partial charge is 0.340 e. The largest absolute Gasteiger partial charge is 0.492 e. The Morgan fingerprint density at radius 3 is 2.79 bits per heavy atom. The molecule has 1 unspecified atom stereocenters. The fourth-order valence-electron chi connectivity index (χ4n) is 2.69. The average molecular weight is 419 g/mol. The van der Waals surface area contributed by atoms with Crippen LogP contribution in [0.2, 0.25) is 0 Å². The fraction of sp³-hybridized carbons (Fsp3) is 0.316. The van der Waals surface area contributed by atoms with Crippen LogP contribution in [0.15, 0.2) is 52.6 Å². The third-order valence-corrected chi connectivity index (χ3v) is 5.32. The molecule has 2 aliphatic heterocycles. The predicted octanol–water partition coefficient (Wildman–Crippen LogP) is 1.45. The van der Waals surface area contributed by atoms with E-state index in [4.69, 9.17) is 9.47 Å². The topological polar surface area (TPSA) is 114 Å². The van der Waals surface area contributed by atoms with E-state index in [2.05, 4.69) is 9.71 Å². The number of nitrogens with one attached hydrogen (secondary N) is 1. The Balaban J connectivity index is 1.63. The number of esters is 1. The fourth-order valence-corrected chi connectivity index (χ4v) is 3.66. The zero-order valence-corrected chi connectivity index (χ0v) is 16.8. The second kappa shape index (κ2) is 8.48. The number of amides is 1. The summed E-state index contributed by atoms with van der Waals surface area (Å²) < 4.78 is 37.4. The van der Waals surface area contributed by atoms with Gasteiger partial charge in [0.2, 0.25) is 0 Å². The first-order chi connectivity index (χ1) is 13.8. The van der Waals surface area contributed by atoms with Crippen LogP contribution in [0.5, 0.6) is 5.75 Å². The third kappa shape index (κ3) is 5.02. The van der Waals surface area contributed by atoms with Crippen molar-refractivity contribution in [3.8, 4) is 5.75 Å². The van der Waals surface area contributed by atoms with Gasteiger partial charge in [0.1, 0.15) is 11.6 Å². The monoisotopic (exact) mass is 419 g/mol. The zero-order chi connectivity index (χ0) is 21.0. The number of anilines is 1. The number of carbonyl (C=O) groups excluding carboxylic acids is 2. The van der Waals surface area contributed by atoms with Crippen molar-refractivity contribution in [1.82, 2.24) is 4.90 Å². The molecule has 0 aromatic heterocycles. The van der Waals surface area contributed by atoms with Crippen LogP contribution >= 0.6 is 0 Å². The third-order valence-electron chi connectivity index (χ3n) is 4.16. The summed E-state index contributed by atoms with van der Waals surface area (Å²) in [7, 11) is -3.47. The van der Waals surface area contributed by atoms with Crippen LogP contribution in [0.1, 0.15) is 13.8 Å². The number of para-hydroxylation sites is 2.